The molecule has 0 unspecified atom stereocenters. The zero-order valence-corrected chi connectivity index (χ0v) is 15.4. The summed E-state index contributed by atoms with van der Waals surface area (Å²) in [7, 11) is 0. The van der Waals surface area contributed by atoms with Crippen LogP contribution in [0.4, 0.5) is 11.4 Å². The van der Waals surface area contributed by atoms with E-state index in [9.17, 15) is 14.9 Å². The Morgan fingerprint density at radius 2 is 1.80 bits per heavy atom. The first kappa shape index (κ1) is 19.6. The summed E-state index contributed by atoms with van der Waals surface area (Å²) in [5.74, 6) is -0.653. The third kappa shape index (κ3) is 5.37. The van der Waals surface area contributed by atoms with Gasteiger partial charge in [-0.1, -0.05) is 64.6 Å². The van der Waals surface area contributed by atoms with Gasteiger partial charge in [0.25, 0.3) is 11.6 Å². The lowest BCUT2D eigenvalue weighted by Gasteiger charge is -2.27. The summed E-state index contributed by atoms with van der Waals surface area (Å²) in [4.78, 5) is 22.6. The molecule has 132 valence electrons. The number of alkyl halides is 3. The zero-order chi connectivity index (χ0) is 18.6. The molecule has 25 heavy (non-hydrogen) atoms. The van der Waals surface area contributed by atoms with Gasteiger partial charge < -0.3 is 10.6 Å². The standard InChI is InChI=1S/C15H11Cl4N3O3/c16-11-6-1-2-7-12(11)20-14(15(17,18)19)21-13(23)9-4-3-5-10(8-9)22(24)25/h1-8,14,20H,(H,21,23)/t14-/m0/s1. The molecule has 2 aromatic rings. The summed E-state index contributed by atoms with van der Waals surface area (Å²) in [6.07, 6.45) is -1.14. The van der Waals surface area contributed by atoms with Crippen molar-refractivity contribution >= 4 is 63.7 Å². The van der Waals surface area contributed by atoms with Gasteiger partial charge in [-0.2, -0.15) is 0 Å². The lowest BCUT2D eigenvalue weighted by Crippen LogP contribution is -2.49. The van der Waals surface area contributed by atoms with Gasteiger partial charge in [-0.05, 0) is 18.2 Å². The first-order valence-electron chi connectivity index (χ1n) is 6.81. The van der Waals surface area contributed by atoms with Crippen molar-refractivity contribution in [2.24, 2.45) is 0 Å². The van der Waals surface area contributed by atoms with Gasteiger partial charge in [0.15, 0.2) is 0 Å². The van der Waals surface area contributed by atoms with Gasteiger partial charge in [0, 0.05) is 17.7 Å². The number of benzene rings is 2. The van der Waals surface area contributed by atoms with Crippen LogP contribution in [-0.2, 0) is 0 Å². The van der Waals surface area contributed by atoms with E-state index in [0.717, 1.165) is 6.07 Å². The summed E-state index contributed by atoms with van der Waals surface area (Å²) in [6, 6.07) is 11.9. The summed E-state index contributed by atoms with van der Waals surface area (Å²) in [5, 5.41) is 16.5. The van der Waals surface area contributed by atoms with Crippen molar-refractivity contribution in [2.75, 3.05) is 5.32 Å². The van der Waals surface area contributed by atoms with E-state index in [1.807, 2.05) is 0 Å². The number of anilines is 1. The first-order chi connectivity index (χ1) is 11.7. The minimum absolute atomic E-state index is 0.0504. The van der Waals surface area contributed by atoms with Crippen LogP contribution in [0.5, 0.6) is 0 Å². The van der Waals surface area contributed by atoms with Crippen LogP contribution in [0.3, 0.4) is 0 Å². The molecule has 0 aliphatic heterocycles. The minimum Gasteiger partial charge on any atom is -0.361 e. The Morgan fingerprint density at radius 1 is 1.12 bits per heavy atom. The van der Waals surface area contributed by atoms with Gasteiger partial charge in [0.05, 0.1) is 15.6 Å². The van der Waals surface area contributed by atoms with Gasteiger partial charge >= 0.3 is 0 Å². The molecule has 0 aromatic heterocycles. The van der Waals surface area contributed by atoms with Crippen molar-refractivity contribution in [3.8, 4) is 0 Å². The number of non-ortho nitro benzene ring substituents is 1. The molecular formula is C15H11Cl4N3O3. The molecule has 1 atom stereocenters. The van der Waals surface area contributed by atoms with Crippen LogP contribution in [0.2, 0.25) is 5.02 Å². The normalized spacial score (nSPS) is 12.3. The van der Waals surface area contributed by atoms with E-state index in [1.54, 1.807) is 24.3 Å². The van der Waals surface area contributed by atoms with E-state index in [2.05, 4.69) is 10.6 Å². The van der Waals surface area contributed by atoms with E-state index in [0.29, 0.717) is 10.7 Å². The maximum Gasteiger partial charge on any atom is 0.270 e. The molecule has 2 rings (SSSR count). The molecule has 0 heterocycles. The van der Waals surface area contributed by atoms with Crippen molar-refractivity contribution in [1.29, 1.82) is 0 Å². The van der Waals surface area contributed by atoms with Crippen molar-refractivity contribution in [3.63, 3.8) is 0 Å². The molecule has 0 saturated heterocycles. The van der Waals surface area contributed by atoms with Gasteiger partial charge in [-0.15, -0.1) is 0 Å². The second-order valence-corrected chi connectivity index (χ2v) is 7.66. The number of nitrogens with one attached hydrogen (secondary N) is 2. The van der Waals surface area contributed by atoms with E-state index in [4.69, 9.17) is 46.4 Å². The smallest absolute Gasteiger partial charge is 0.270 e. The molecule has 1 amide bonds. The summed E-state index contributed by atoms with van der Waals surface area (Å²) in [5.41, 5.74) is 0.270. The monoisotopic (exact) mass is 421 g/mol. The third-order valence-corrected chi connectivity index (χ3v) is 4.08. The Kier molecular flexibility index (Phi) is 6.35. The number of nitrogens with zero attached hydrogens (tertiary/aromatic N) is 1. The SMILES string of the molecule is O=C(N[C@H](Nc1ccccc1Cl)C(Cl)(Cl)Cl)c1cccc([N+](=O)[O-])c1. The van der Waals surface area contributed by atoms with Gasteiger partial charge in [-0.25, -0.2) is 0 Å². The van der Waals surface area contributed by atoms with Crippen LogP contribution >= 0.6 is 46.4 Å². The number of rotatable bonds is 5. The first-order valence-corrected chi connectivity index (χ1v) is 8.33. The largest absolute Gasteiger partial charge is 0.361 e. The number of hydrogen-bond acceptors (Lipinski definition) is 4. The average molecular weight is 423 g/mol. The van der Waals surface area contributed by atoms with Crippen molar-refractivity contribution in [1.82, 2.24) is 5.32 Å². The number of halogens is 4. The molecule has 10 heteroatoms. The molecule has 2 N–H and O–H groups in total. The van der Waals surface area contributed by atoms with Crippen molar-refractivity contribution in [3.05, 3.63) is 69.2 Å². The number of hydrogen-bond donors (Lipinski definition) is 2. The average Bonchev–Trinajstić information content (AvgIpc) is 2.55. The van der Waals surface area contributed by atoms with Crippen LogP contribution in [0, 0.1) is 10.1 Å². The minimum atomic E-state index is -1.91. The highest BCUT2D eigenvalue weighted by atomic mass is 35.6. The quantitative estimate of drug-likeness (QED) is 0.314. The van der Waals surface area contributed by atoms with Gasteiger partial charge in [0.1, 0.15) is 6.17 Å². The summed E-state index contributed by atoms with van der Waals surface area (Å²) >= 11 is 23.8. The van der Waals surface area contributed by atoms with Crippen LogP contribution in [0.25, 0.3) is 0 Å². The molecule has 0 saturated carbocycles. The highest BCUT2D eigenvalue weighted by molar-refractivity contribution is 6.68. The summed E-state index contributed by atoms with van der Waals surface area (Å²) < 4.78 is -1.91. The molecule has 0 aliphatic carbocycles. The van der Waals surface area contributed by atoms with Gasteiger partial charge in [0.2, 0.25) is 3.79 Å². The van der Waals surface area contributed by atoms with Crippen molar-refractivity contribution < 1.29 is 9.72 Å². The highest BCUT2D eigenvalue weighted by Crippen LogP contribution is 2.33. The Bertz CT molecular complexity index is 796. The maximum atomic E-state index is 12.4. The fourth-order valence-electron chi connectivity index (χ4n) is 1.91. The Morgan fingerprint density at radius 3 is 2.40 bits per heavy atom. The number of amides is 1. The third-order valence-electron chi connectivity index (χ3n) is 3.10. The Hall–Kier alpha value is -1.73. The number of carbonyl (C=O) groups is 1. The number of carbonyl (C=O) groups excluding carboxylic acids is 1. The predicted molar refractivity (Wildman–Crippen MR) is 99.7 cm³/mol. The molecule has 0 bridgehead atoms. The van der Waals surface area contributed by atoms with E-state index in [1.165, 1.54) is 18.2 Å². The number of nitro groups is 1. The Labute approximate surface area is 163 Å². The Balaban J connectivity index is 2.23. The fourth-order valence-corrected chi connectivity index (χ4v) is 2.43. The van der Waals surface area contributed by atoms with Crippen LogP contribution < -0.4 is 10.6 Å². The van der Waals surface area contributed by atoms with Crippen molar-refractivity contribution in [2.45, 2.75) is 9.96 Å². The lowest BCUT2D eigenvalue weighted by atomic mass is 10.2. The molecule has 2 aromatic carbocycles. The van der Waals surface area contributed by atoms with E-state index >= 15 is 0 Å². The van der Waals surface area contributed by atoms with Crippen LogP contribution in [0.15, 0.2) is 48.5 Å². The number of para-hydroxylation sites is 1. The molecular weight excluding hydrogens is 412 g/mol. The molecule has 0 aliphatic rings. The topological polar surface area (TPSA) is 84.3 Å². The fraction of sp³-hybridized carbons (Fsp3) is 0.133. The van der Waals surface area contributed by atoms with E-state index in [-0.39, 0.29) is 11.3 Å². The summed E-state index contributed by atoms with van der Waals surface area (Å²) in [6.45, 7) is 0. The molecule has 0 fully saturated rings. The second kappa shape index (κ2) is 8.10. The molecule has 6 nitrogen and oxygen atoms in total. The predicted octanol–water partition coefficient (Wildman–Crippen LogP) is 4.79. The van der Waals surface area contributed by atoms with Crippen LogP contribution in [-0.4, -0.2) is 20.8 Å². The molecule has 0 spiro atoms. The van der Waals surface area contributed by atoms with Crippen LogP contribution in [0.1, 0.15) is 10.4 Å². The van der Waals surface area contributed by atoms with E-state index < -0.39 is 20.8 Å². The second-order valence-electron chi connectivity index (χ2n) is 4.88. The number of nitro benzene ring substituents is 1. The highest BCUT2D eigenvalue weighted by Gasteiger charge is 2.34. The van der Waals surface area contributed by atoms with Gasteiger partial charge in [-0.3, -0.25) is 14.9 Å². The maximum absolute atomic E-state index is 12.4. The lowest BCUT2D eigenvalue weighted by molar-refractivity contribution is -0.384. The molecule has 0 radical (unpaired) electrons. The zero-order valence-electron chi connectivity index (χ0n) is 12.4.